The van der Waals surface area contributed by atoms with Crippen molar-refractivity contribution in [3.05, 3.63) is 70.9 Å². The number of benzene rings is 2. The Kier molecular flexibility index (Phi) is 4.33. The van der Waals surface area contributed by atoms with Crippen molar-refractivity contribution >= 4 is 34.3 Å². The van der Waals surface area contributed by atoms with Gasteiger partial charge in [0, 0.05) is 29.2 Å². The highest BCUT2D eigenvalue weighted by Crippen LogP contribution is 2.35. The molecule has 1 aromatic heterocycles. The largest absolute Gasteiger partial charge is 0.435 e. The summed E-state index contributed by atoms with van der Waals surface area (Å²) in [5.74, 6) is -0.799. The highest BCUT2D eigenvalue weighted by Gasteiger charge is 2.47. The first-order valence-corrected chi connectivity index (χ1v) is 9.01. The van der Waals surface area contributed by atoms with Gasteiger partial charge in [-0.25, -0.2) is 0 Å². The molecule has 3 aromatic rings. The summed E-state index contributed by atoms with van der Waals surface area (Å²) in [5, 5.41) is 5.22. The minimum Gasteiger partial charge on any atom is -0.347 e. The number of alkyl halides is 3. The molecule has 1 aliphatic heterocycles. The Hall–Kier alpha value is -3.35. The predicted octanol–water partition coefficient (Wildman–Crippen LogP) is 5.14. The van der Waals surface area contributed by atoms with Crippen molar-refractivity contribution in [2.24, 2.45) is 12.1 Å². The van der Waals surface area contributed by atoms with E-state index in [1.54, 1.807) is 30.3 Å². The summed E-state index contributed by atoms with van der Waals surface area (Å²) in [5.41, 5.74) is 1.86. The number of carbonyl (C=O) groups is 1. The fraction of sp³-hybridized carbons (Fsp3) is 0.182. The maximum absolute atomic E-state index is 13.7. The van der Waals surface area contributed by atoms with Crippen molar-refractivity contribution in [2.75, 3.05) is 5.01 Å². The molecule has 0 saturated heterocycles. The molecule has 7 heteroatoms. The molecule has 2 heterocycles. The number of aryl methyl sites for hydroxylation is 2. The summed E-state index contributed by atoms with van der Waals surface area (Å²) in [4.78, 5) is 12.9. The monoisotopic (exact) mass is 397 g/mol. The Morgan fingerprint density at radius 2 is 1.72 bits per heavy atom. The molecule has 1 amide bonds. The first-order chi connectivity index (χ1) is 13.7. The van der Waals surface area contributed by atoms with Crippen LogP contribution in [0.25, 0.3) is 17.0 Å². The second-order valence-electron chi connectivity index (χ2n) is 7.04. The van der Waals surface area contributed by atoms with Gasteiger partial charge in [-0.1, -0.05) is 29.8 Å². The van der Waals surface area contributed by atoms with Crippen LogP contribution in [-0.2, 0) is 11.8 Å². The Balaban J connectivity index is 1.92. The van der Waals surface area contributed by atoms with E-state index in [4.69, 9.17) is 0 Å². The van der Waals surface area contributed by atoms with Crippen molar-refractivity contribution in [1.82, 2.24) is 4.57 Å². The van der Waals surface area contributed by atoms with Crippen LogP contribution in [0.2, 0.25) is 0 Å². The SMILES string of the molecule is Cc1ccc2c(c1)c(/C=C1/C(=O)N(c3ccccc3)N=C1C(F)(F)F)c(C)n2C. The average Bonchev–Trinajstić information content (AvgIpc) is 3.12. The first-order valence-electron chi connectivity index (χ1n) is 9.01. The molecular weight excluding hydrogens is 379 g/mol. The predicted molar refractivity (Wildman–Crippen MR) is 108 cm³/mol. The molecular formula is C22H18F3N3O. The second kappa shape index (κ2) is 6.62. The Morgan fingerprint density at radius 3 is 2.38 bits per heavy atom. The number of carbonyl (C=O) groups excluding carboxylic acids is 1. The van der Waals surface area contributed by atoms with E-state index in [0.717, 1.165) is 27.2 Å². The van der Waals surface area contributed by atoms with E-state index >= 15 is 0 Å². The molecule has 0 unspecified atom stereocenters. The van der Waals surface area contributed by atoms with E-state index in [2.05, 4.69) is 5.10 Å². The van der Waals surface area contributed by atoms with Gasteiger partial charge >= 0.3 is 6.18 Å². The molecule has 148 valence electrons. The van der Waals surface area contributed by atoms with Crippen LogP contribution in [0.1, 0.15) is 16.8 Å². The van der Waals surface area contributed by atoms with Crippen LogP contribution in [-0.4, -0.2) is 22.4 Å². The molecule has 0 N–H and O–H groups in total. The topological polar surface area (TPSA) is 37.6 Å². The molecule has 0 aliphatic carbocycles. The number of halogens is 3. The number of nitrogens with zero attached hydrogens (tertiary/aromatic N) is 3. The van der Waals surface area contributed by atoms with Gasteiger partial charge in [0.15, 0.2) is 5.71 Å². The third kappa shape index (κ3) is 3.12. The molecule has 0 spiro atoms. The number of fused-ring (bicyclic) bond motifs is 1. The third-order valence-corrected chi connectivity index (χ3v) is 5.13. The fourth-order valence-electron chi connectivity index (χ4n) is 3.54. The number of hydrogen-bond acceptors (Lipinski definition) is 2. The first kappa shape index (κ1) is 19.0. The lowest BCUT2D eigenvalue weighted by atomic mass is 10.0. The van der Waals surface area contributed by atoms with Crippen molar-refractivity contribution in [2.45, 2.75) is 20.0 Å². The number of hydrazone groups is 1. The minimum atomic E-state index is -4.75. The van der Waals surface area contributed by atoms with Gasteiger partial charge < -0.3 is 4.57 Å². The Labute approximate surface area is 165 Å². The van der Waals surface area contributed by atoms with Crippen LogP contribution in [0.3, 0.4) is 0 Å². The van der Waals surface area contributed by atoms with Crippen molar-refractivity contribution in [3.63, 3.8) is 0 Å². The number of amides is 1. The molecule has 4 nitrogen and oxygen atoms in total. The minimum absolute atomic E-state index is 0.285. The molecule has 0 atom stereocenters. The van der Waals surface area contributed by atoms with E-state index in [1.165, 1.54) is 6.08 Å². The van der Waals surface area contributed by atoms with Gasteiger partial charge in [-0.3, -0.25) is 4.79 Å². The summed E-state index contributed by atoms with van der Waals surface area (Å²) >= 11 is 0. The summed E-state index contributed by atoms with van der Waals surface area (Å²) in [6.07, 6.45) is -3.44. The van der Waals surface area contributed by atoms with E-state index in [-0.39, 0.29) is 5.69 Å². The normalized spacial score (nSPS) is 16.2. The highest BCUT2D eigenvalue weighted by molar-refractivity contribution is 6.34. The van der Waals surface area contributed by atoms with Gasteiger partial charge in [0.05, 0.1) is 11.3 Å². The van der Waals surface area contributed by atoms with Gasteiger partial charge in [-0.05, 0) is 44.2 Å². The van der Waals surface area contributed by atoms with Crippen molar-refractivity contribution < 1.29 is 18.0 Å². The van der Waals surface area contributed by atoms with Crippen LogP contribution >= 0.6 is 0 Å². The van der Waals surface area contributed by atoms with Crippen LogP contribution in [0.15, 0.2) is 59.2 Å². The quantitative estimate of drug-likeness (QED) is 0.552. The number of aromatic nitrogens is 1. The zero-order valence-electron chi connectivity index (χ0n) is 16.1. The van der Waals surface area contributed by atoms with Crippen LogP contribution in [0, 0.1) is 13.8 Å². The van der Waals surface area contributed by atoms with Gasteiger partial charge in [0.1, 0.15) is 0 Å². The molecule has 4 rings (SSSR count). The fourth-order valence-corrected chi connectivity index (χ4v) is 3.54. The summed E-state index contributed by atoms with van der Waals surface area (Å²) in [7, 11) is 1.85. The summed E-state index contributed by atoms with van der Waals surface area (Å²) in [6, 6.07) is 13.9. The van der Waals surface area contributed by atoms with Crippen molar-refractivity contribution in [1.29, 1.82) is 0 Å². The molecule has 29 heavy (non-hydrogen) atoms. The number of para-hydroxylation sites is 1. The lowest BCUT2D eigenvalue weighted by Crippen LogP contribution is -2.25. The standard InChI is InChI=1S/C22H18F3N3O/c1-13-9-10-19-17(11-13)16(14(2)27(19)3)12-18-20(22(23,24)25)26-28(21(18)29)15-7-5-4-6-8-15/h4-12H,1-3H3/b18-12+. The van der Waals surface area contributed by atoms with Gasteiger partial charge in [-0.2, -0.15) is 23.3 Å². The molecule has 2 aromatic carbocycles. The highest BCUT2D eigenvalue weighted by atomic mass is 19.4. The summed E-state index contributed by atoms with van der Waals surface area (Å²) < 4.78 is 43.0. The van der Waals surface area contributed by atoms with Gasteiger partial charge in [0.25, 0.3) is 5.91 Å². The number of hydrogen-bond donors (Lipinski definition) is 0. The summed E-state index contributed by atoms with van der Waals surface area (Å²) in [6.45, 7) is 3.74. The zero-order chi connectivity index (χ0) is 20.9. The van der Waals surface area contributed by atoms with E-state index < -0.39 is 23.4 Å². The maximum Gasteiger partial charge on any atom is 0.435 e. The molecule has 0 bridgehead atoms. The van der Waals surface area contributed by atoms with Crippen LogP contribution < -0.4 is 5.01 Å². The lowest BCUT2D eigenvalue weighted by molar-refractivity contribution is -0.114. The Morgan fingerprint density at radius 1 is 1.03 bits per heavy atom. The second-order valence-corrected chi connectivity index (χ2v) is 7.04. The molecule has 1 aliphatic rings. The van der Waals surface area contributed by atoms with E-state index in [0.29, 0.717) is 5.56 Å². The van der Waals surface area contributed by atoms with Crippen LogP contribution in [0.5, 0.6) is 0 Å². The third-order valence-electron chi connectivity index (χ3n) is 5.13. The van der Waals surface area contributed by atoms with E-state index in [9.17, 15) is 18.0 Å². The smallest absolute Gasteiger partial charge is 0.347 e. The molecule has 0 fully saturated rings. The lowest BCUT2D eigenvalue weighted by Gasteiger charge is -2.10. The molecule has 0 saturated carbocycles. The molecule has 0 radical (unpaired) electrons. The van der Waals surface area contributed by atoms with Gasteiger partial charge in [0.2, 0.25) is 0 Å². The van der Waals surface area contributed by atoms with Crippen molar-refractivity contribution in [3.8, 4) is 0 Å². The van der Waals surface area contributed by atoms with Gasteiger partial charge in [-0.15, -0.1) is 0 Å². The van der Waals surface area contributed by atoms with E-state index in [1.807, 2.05) is 43.7 Å². The number of anilines is 1. The van der Waals surface area contributed by atoms with Crippen LogP contribution in [0.4, 0.5) is 18.9 Å². The average molecular weight is 397 g/mol. The maximum atomic E-state index is 13.7. The Bertz CT molecular complexity index is 1190. The zero-order valence-corrected chi connectivity index (χ0v) is 16.1. The number of rotatable bonds is 2.